The topological polar surface area (TPSA) is 9.23 Å². The highest BCUT2D eigenvalue weighted by atomic mass is 35.5. The average molecular weight is 177 g/mol. The van der Waals surface area contributed by atoms with Crippen LogP contribution in [0.2, 0.25) is 0 Å². The average Bonchev–Trinajstić information content (AvgIpc) is 2.67. The maximum Gasteiger partial charge on any atom is 0.129 e. The van der Waals surface area contributed by atoms with E-state index in [0.29, 0.717) is 5.92 Å². The zero-order valence-electron chi connectivity index (χ0n) is 7.56. The Kier molecular flexibility index (Phi) is 2.82. The van der Waals surface area contributed by atoms with Crippen molar-refractivity contribution in [2.24, 2.45) is 5.92 Å². The van der Waals surface area contributed by atoms with E-state index in [-0.39, 0.29) is 11.2 Å². The minimum Gasteiger partial charge on any atom is -0.356 e. The summed E-state index contributed by atoms with van der Waals surface area (Å²) >= 11 is 5.78. The second-order valence-corrected chi connectivity index (χ2v) is 4.15. The molecular formula is C9H17ClO. The zero-order chi connectivity index (χ0) is 8.48. The first-order valence-corrected chi connectivity index (χ1v) is 4.86. The van der Waals surface area contributed by atoms with Crippen molar-refractivity contribution >= 4 is 11.6 Å². The summed E-state index contributed by atoms with van der Waals surface area (Å²) in [7, 11) is 0. The van der Waals surface area contributed by atoms with Crippen molar-refractivity contribution in [3.8, 4) is 0 Å². The molecule has 2 heteroatoms. The first kappa shape index (κ1) is 9.34. The van der Waals surface area contributed by atoms with Crippen LogP contribution >= 0.6 is 11.6 Å². The lowest BCUT2D eigenvalue weighted by Gasteiger charge is -2.23. The Morgan fingerprint density at radius 3 is 2.27 bits per heavy atom. The third-order valence-corrected chi connectivity index (χ3v) is 2.74. The molecule has 1 nitrogen and oxygen atoms in total. The van der Waals surface area contributed by atoms with E-state index in [2.05, 4.69) is 13.8 Å². The number of alkyl halides is 1. The van der Waals surface area contributed by atoms with Gasteiger partial charge in [0.25, 0.3) is 0 Å². The van der Waals surface area contributed by atoms with E-state index >= 15 is 0 Å². The Hall–Kier alpha value is 0.250. The van der Waals surface area contributed by atoms with Gasteiger partial charge in [-0.2, -0.15) is 0 Å². The summed E-state index contributed by atoms with van der Waals surface area (Å²) in [5, 5.41) is 0. The molecule has 0 aromatic rings. The summed E-state index contributed by atoms with van der Waals surface area (Å²) in [5.74, 6) is 0.656. The molecule has 0 aromatic heterocycles. The quantitative estimate of drug-likeness (QED) is 0.598. The summed E-state index contributed by atoms with van der Waals surface area (Å²) in [6.07, 6.45) is 3.57. The number of hydrogen-bond acceptors (Lipinski definition) is 1. The van der Waals surface area contributed by atoms with Crippen LogP contribution in [-0.2, 0) is 4.74 Å². The van der Waals surface area contributed by atoms with Gasteiger partial charge in [0.1, 0.15) is 5.56 Å². The fourth-order valence-electron chi connectivity index (χ4n) is 1.55. The number of halogens is 1. The van der Waals surface area contributed by atoms with Crippen LogP contribution in [0.5, 0.6) is 0 Å². The van der Waals surface area contributed by atoms with E-state index in [4.69, 9.17) is 16.3 Å². The molecular weight excluding hydrogens is 160 g/mol. The van der Waals surface area contributed by atoms with E-state index in [1.165, 1.54) is 19.3 Å². The van der Waals surface area contributed by atoms with Gasteiger partial charge in [-0.25, -0.2) is 0 Å². The van der Waals surface area contributed by atoms with Gasteiger partial charge in [-0.05, 0) is 25.7 Å². The van der Waals surface area contributed by atoms with E-state index in [0.717, 1.165) is 0 Å². The number of rotatable bonds is 4. The van der Waals surface area contributed by atoms with E-state index in [9.17, 15) is 0 Å². The highest BCUT2D eigenvalue weighted by Crippen LogP contribution is 2.48. The lowest BCUT2D eigenvalue weighted by molar-refractivity contribution is -0.0172. The van der Waals surface area contributed by atoms with Gasteiger partial charge >= 0.3 is 0 Å². The Bertz CT molecular complexity index is 130. The molecule has 0 heterocycles. The van der Waals surface area contributed by atoms with Crippen molar-refractivity contribution in [2.45, 2.75) is 51.2 Å². The third-order valence-electron chi connectivity index (χ3n) is 2.65. The van der Waals surface area contributed by atoms with Crippen LogP contribution < -0.4 is 0 Å². The first-order chi connectivity index (χ1) is 5.10. The van der Waals surface area contributed by atoms with Gasteiger partial charge < -0.3 is 4.74 Å². The molecule has 1 aliphatic rings. The summed E-state index contributed by atoms with van der Waals surface area (Å²) in [6, 6.07) is 0. The van der Waals surface area contributed by atoms with Crippen LogP contribution in [0.15, 0.2) is 0 Å². The smallest absolute Gasteiger partial charge is 0.129 e. The maximum absolute atomic E-state index is 5.78. The van der Waals surface area contributed by atoms with E-state index in [1.54, 1.807) is 0 Å². The van der Waals surface area contributed by atoms with Gasteiger partial charge in [-0.3, -0.25) is 0 Å². The molecule has 2 unspecified atom stereocenters. The van der Waals surface area contributed by atoms with Crippen LogP contribution in [0.4, 0.5) is 0 Å². The second-order valence-electron chi connectivity index (χ2n) is 3.53. The zero-order valence-corrected chi connectivity index (χ0v) is 8.32. The van der Waals surface area contributed by atoms with Crippen LogP contribution in [0.3, 0.4) is 0 Å². The third kappa shape index (κ3) is 2.09. The minimum atomic E-state index is -0.133. The van der Waals surface area contributed by atoms with Crippen molar-refractivity contribution < 1.29 is 4.74 Å². The fraction of sp³-hybridized carbons (Fsp3) is 1.00. The molecule has 11 heavy (non-hydrogen) atoms. The Labute approximate surface area is 74.1 Å². The summed E-state index contributed by atoms with van der Waals surface area (Å²) in [6.45, 7) is 6.34. The molecule has 1 saturated carbocycles. The molecule has 0 spiro atoms. The van der Waals surface area contributed by atoms with Crippen molar-refractivity contribution in [3.05, 3.63) is 0 Å². The summed E-state index contributed by atoms with van der Waals surface area (Å²) < 4.78 is 5.67. The molecule has 0 radical (unpaired) electrons. The molecule has 2 atom stereocenters. The number of hydrogen-bond donors (Lipinski definition) is 0. The normalized spacial score (nSPS) is 26.2. The van der Waals surface area contributed by atoms with Crippen molar-refractivity contribution in [3.63, 3.8) is 0 Å². The molecule has 0 amide bonds. The standard InChI is InChI=1S/C9H17ClO/c1-4-7(2)9(5-6-9)11-8(3)10/h7-8H,4-6H2,1-3H3. The van der Waals surface area contributed by atoms with Gasteiger partial charge in [0.2, 0.25) is 0 Å². The molecule has 1 rings (SSSR count). The van der Waals surface area contributed by atoms with Crippen LogP contribution in [0.1, 0.15) is 40.0 Å². The first-order valence-electron chi connectivity index (χ1n) is 4.42. The van der Waals surface area contributed by atoms with Gasteiger partial charge in [0.15, 0.2) is 0 Å². The van der Waals surface area contributed by atoms with Crippen molar-refractivity contribution in [2.75, 3.05) is 0 Å². The second kappa shape index (κ2) is 3.32. The Morgan fingerprint density at radius 1 is 1.45 bits per heavy atom. The Morgan fingerprint density at radius 2 is 2.00 bits per heavy atom. The molecule has 0 N–H and O–H groups in total. The summed E-state index contributed by atoms with van der Waals surface area (Å²) in [5.41, 5.74) is 0.0159. The van der Waals surface area contributed by atoms with Gasteiger partial charge in [0.05, 0.1) is 5.60 Å². The van der Waals surface area contributed by atoms with Gasteiger partial charge in [-0.1, -0.05) is 31.9 Å². The summed E-state index contributed by atoms with van der Waals surface area (Å²) in [4.78, 5) is 0. The van der Waals surface area contributed by atoms with E-state index < -0.39 is 0 Å². The predicted octanol–water partition coefficient (Wildman–Crippen LogP) is 3.17. The molecule has 1 aliphatic carbocycles. The molecule has 0 aromatic carbocycles. The molecule has 1 fully saturated rings. The molecule has 0 aliphatic heterocycles. The maximum atomic E-state index is 5.78. The fourth-order valence-corrected chi connectivity index (χ4v) is 1.72. The monoisotopic (exact) mass is 176 g/mol. The highest BCUT2D eigenvalue weighted by molar-refractivity contribution is 6.19. The van der Waals surface area contributed by atoms with Crippen molar-refractivity contribution in [1.29, 1.82) is 0 Å². The molecule has 66 valence electrons. The van der Waals surface area contributed by atoms with Crippen LogP contribution in [0, 0.1) is 5.92 Å². The SMILES string of the molecule is CCC(C)C1(OC(C)Cl)CC1. The van der Waals surface area contributed by atoms with Gasteiger partial charge in [-0.15, -0.1) is 0 Å². The predicted molar refractivity (Wildman–Crippen MR) is 47.8 cm³/mol. The Balaban J connectivity index is 2.40. The van der Waals surface area contributed by atoms with Crippen LogP contribution in [-0.4, -0.2) is 11.2 Å². The lowest BCUT2D eigenvalue weighted by Crippen LogP contribution is -2.25. The van der Waals surface area contributed by atoms with Crippen LogP contribution in [0.25, 0.3) is 0 Å². The lowest BCUT2D eigenvalue weighted by atomic mass is 10.00. The van der Waals surface area contributed by atoms with E-state index in [1.807, 2.05) is 6.92 Å². The van der Waals surface area contributed by atoms with Gasteiger partial charge in [0, 0.05) is 0 Å². The molecule has 0 bridgehead atoms. The molecule has 0 saturated heterocycles. The largest absolute Gasteiger partial charge is 0.356 e. The minimum absolute atomic E-state index is 0.133. The highest BCUT2D eigenvalue weighted by Gasteiger charge is 2.48. The number of ether oxygens (including phenoxy) is 1. The van der Waals surface area contributed by atoms with Crippen molar-refractivity contribution in [1.82, 2.24) is 0 Å².